The summed E-state index contributed by atoms with van der Waals surface area (Å²) < 4.78 is 0. The number of nitrogens with zero attached hydrogens (tertiary/aromatic N) is 3. The Morgan fingerprint density at radius 1 is 1.12 bits per heavy atom. The normalized spacial score (nSPS) is 10.7. The highest BCUT2D eigenvalue weighted by atomic mass is 127. The van der Waals surface area contributed by atoms with Gasteiger partial charge in [-0.1, -0.05) is 18.2 Å². The first-order valence-corrected chi connectivity index (χ1v) is 9.91. The molecule has 1 aromatic carbocycles. The van der Waals surface area contributed by atoms with Crippen molar-refractivity contribution < 1.29 is 4.79 Å². The highest BCUT2D eigenvalue weighted by Gasteiger charge is 2.05. The summed E-state index contributed by atoms with van der Waals surface area (Å²) in [5.41, 5.74) is 1.21. The third-order valence-electron chi connectivity index (χ3n) is 3.63. The number of amides is 1. The van der Waals surface area contributed by atoms with Crippen molar-refractivity contribution in [3.8, 4) is 0 Å². The number of anilines is 1. The smallest absolute Gasteiger partial charge is 0.243 e. The van der Waals surface area contributed by atoms with E-state index in [0.29, 0.717) is 5.96 Å². The fourth-order valence-electron chi connectivity index (χ4n) is 2.07. The maximum absolute atomic E-state index is 11.7. The number of hydrogen-bond donors (Lipinski definition) is 2. The molecule has 6 nitrogen and oxygen atoms in total. The van der Waals surface area contributed by atoms with Gasteiger partial charge in [0.1, 0.15) is 6.54 Å². The monoisotopic (exact) mass is 493 g/mol. The number of benzene rings is 1. The predicted octanol–water partition coefficient (Wildman–Crippen LogP) is 2.12. The van der Waals surface area contributed by atoms with E-state index in [0.717, 1.165) is 31.8 Å². The lowest BCUT2D eigenvalue weighted by Crippen LogP contribution is -2.40. The molecule has 0 saturated heterocycles. The Balaban J connectivity index is 0.00000625. The second-order valence-electron chi connectivity index (χ2n) is 5.91. The lowest BCUT2D eigenvalue weighted by Gasteiger charge is -2.20. The summed E-state index contributed by atoms with van der Waals surface area (Å²) in [4.78, 5) is 19.9. The van der Waals surface area contributed by atoms with Crippen molar-refractivity contribution in [3.05, 3.63) is 30.3 Å². The van der Waals surface area contributed by atoms with Gasteiger partial charge in [-0.25, -0.2) is 4.99 Å². The first-order chi connectivity index (χ1) is 12.0. The molecule has 0 aliphatic heterocycles. The van der Waals surface area contributed by atoms with Crippen LogP contribution in [0.25, 0.3) is 0 Å². The molecule has 1 aromatic rings. The zero-order chi connectivity index (χ0) is 18.5. The van der Waals surface area contributed by atoms with Crippen LogP contribution in [-0.4, -0.2) is 76.1 Å². The number of carbonyl (C=O) groups excluding carboxylic acids is 1. The lowest BCUT2D eigenvalue weighted by atomic mass is 10.3. The first-order valence-electron chi connectivity index (χ1n) is 8.52. The second kappa shape index (κ2) is 15.0. The topological polar surface area (TPSA) is 60.0 Å². The van der Waals surface area contributed by atoms with E-state index >= 15 is 0 Å². The number of likely N-dealkylation sites (N-methyl/N-ethyl adjacent to an activating group) is 1. The Labute approximate surface area is 179 Å². The standard InChI is InChI=1S/C18H31N5OS.HI/c1-22(2)17(24)15-21-18(20-12-14-25-4)19-11-8-13-23(3)16-9-6-5-7-10-16;/h5-7,9-10H,8,11-15H2,1-4H3,(H2,19,20,21);1H. The van der Waals surface area contributed by atoms with Gasteiger partial charge < -0.3 is 20.4 Å². The summed E-state index contributed by atoms with van der Waals surface area (Å²) in [6, 6.07) is 10.3. The Kier molecular flexibility index (Phi) is 14.3. The van der Waals surface area contributed by atoms with E-state index in [4.69, 9.17) is 0 Å². The summed E-state index contributed by atoms with van der Waals surface area (Å²) in [5.74, 6) is 1.69. The summed E-state index contributed by atoms with van der Waals surface area (Å²) in [7, 11) is 5.58. The van der Waals surface area contributed by atoms with Crippen molar-refractivity contribution in [3.63, 3.8) is 0 Å². The molecule has 0 aliphatic rings. The quantitative estimate of drug-likeness (QED) is 0.226. The van der Waals surface area contributed by atoms with Gasteiger partial charge in [-0.05, 0) is 24.8 Å². The molecular formula is C18H32IN5OS. The van der Waals surface area contributed by atoms with Crippen LogP contribution in [0.3, 0.4) is 0 Å². The van der Waals surface area contributed by atoms with Crippen LogP contribution in [0, 0.1) is 0 Å². The minimum atomic E-state index is -0.00484. The van der Waals surface area contributed by atoms with Crippen LogP contribution in [-0.2, 0) is 4.79 Å². The third kappa shape index (κ3) is 10.7. The van der Waals surface area contributed by atoms with Gasteiger partial charge in [-0.3, -0.25) is 4.79 Å². The largest absolute Gasteiger partial charge is 0.375 e. The molecule has 0 atom stereocenters. The van der Waals surface area contributed by atoms with Crippen molar-refractivity contribution in [2.75, 3.05) is 64.2 Å². The molecule has 0 bridgehead atoms. The zero-order valence-electron chi connectivity index (χ0n) is 16.2. The molecule has 0 heterocycles. The third-order valence-corrected chi connectivity index (χ3v) is 4.24. The van der Waals surface area contributed by atoms with Crippen LogP contribution >= 0.6 is 35.7 Å². The second-order valence-corrected chi connectivity index (χ2v) is 6.90. The van der Waals surface area contributed by atoms with E-state index in [1.165, 1.54) is 5.69 Å². The number of para-hydroxylation sites is 1. The Morgan fingerprint density at radius 2 is 1.77 bits per heavy atom. The molecule has 0 saturated carbocycles. The molecule has 0 spiro atoms. The molecule has 26 heavy (non-hydrogen) atoms. The van der Waals surface area contributed by atoms with Gasteiger partial charge in [-0.2, -0.15) is 11.8 Å². The number of thioether (sulfide) groups is 1. The number of aliphatic imine (C=N–C) groups is 1. The molecule has 0 unspecified atom stereocenters. The van der Waals surface area contributed by atoms with E-state index in [-0.39, 0.29) is 36.4 Å². The van der Waals surface area contributed by atoms with E-state index in [9.17, 15) is 4.79 Å². The molecular weight excluding hydrogens is 461 g/mol. The summed E-state index contributed by atoms with van der Waals surface area (Å²) in [5, 5.41) is 6.58. The van der Waals surface area contributed by atoms with Crippen molar-refractivity contribution in [2.45, 2.75) is 6.42 Å². The van der Waals surface area contributed by atoms with Crippen LogP contribution in [0.1, 0.15) is 6.42 Å². The molecule has 1 rings (SSSR count). The minimum Gasteiger partial charge on any atom is -0.375 e. The molecule has 148 valence electrons. The maximum Gasteiger partial charge on any atom is 0.243 e. The molecule has 1 amide bonds. The highest BCUT2D eigenvalue weighted by molar-refractivity contribution is 14.0. The molecule has 0 fully saturated rings. The minimum absolute atomic E-state index is 0. The van der Waals surface area contributed by atoms with Crippen molar-refractivity contribution >= 4 is 53.3 Å². The molecule has 0 aromatic heterocycles. The molecule has 8 heteroatoms. The maximum atomic E-state index is 11.7. The van der Waals surface area contributed by atoms with E-state index in [1.54, 1.807) is 30.8 Å². The summed E-state index contributed by atoms with van der Waals surface area (Å²) in [6.45, 7) is 2.74. The molecule has 0 aliphatic carbocycles. The lowest BCUT2D eigenvalue weighted by molar-refractivity contribution is -0.127. The van der Waals surface area contributed by atoms with Crippen molar-refractivity contribution in [2.24, 2.45) is 4.99 Å². The number of carbonyl (C=O) groups is 1. The van der Waals surface area contributed by atoms with Crippen LogP contribution in [0.2, 0.25) is 0 Å². The van der Waals surface area contributed by atoms with Gasteiger partial charge >= 0.3 is 0 Å². The Morgan fingerprint density at radius 3 is 2.38 bits per heavy atom. The average Bonchev–Trinajstić information content (AvgIpc) is 2.62. The van der Waals surface area contributed by atoms with Gasteiger partial charge in [-0.15, -0.1) is 24.0 Å². The Hall–Kier alpha value is -1.16. The van der Waals surface area contributed by atoms with E-state index in [2.05, 4.69) is 46.0 Å². The van der Waals surface area contributed by atoms with Crippen molar-refractivity contribution in [1.29, 1.82) is 0 Å². The van der Waals surface area contributed by atoms with Gasteiger partial charge in [0.15, 0.2) is 5.96 Å². The van der Waals surface area contributed by atoms with Crippen LogP contribution in [0.5, 0.6) is 0 Å². The fraction of sp³-hybridized carbons (Fsp3) is 0.556. The number of hydrogen-bond acceptors (Lipinski definition) is 4. The number of nitrogens with one attached hydrogen (secondary N) is 2. The van der Waals surface area contributed by atoms with Gasteiger partial charge in [0.25, 0.3) is 0 Å². The van der Waals surface area contributed by atoms with Crippen LogP contribution < -0.4 is 15.5 Å². The van der Waals surface area contributed by atoms with Crippen LogP contribution in [0.4, 0.5) is 5.69 Å². The number of rotatable bonds is 10. The van der Waals surface area contributed by atoms with Gasteiger partial charge in [0.2, 0.25) is 5.91 Å². The summed E-state index contributed by atoms with van der Waals surface area (Å²) in [6.07, 6.45) is 3.05. The zero-order valence-corrected chi connectivity index (χ0v) is 19.3. The summed E-state index contributed by atoms with van der Waals surface area (Å²) >= 11 is 1.78. The molecule has 0 radical (unpaired) electrons. The van der Waals surface area contributed by atoms with Gasteiger partial charge in [0.05, 0.1) is 0 Å². The highest BCUT2D eigenvalue weighted by Crippen LogP contribution is 2.10. The molecule has 2 N–H and O–H groups in total. The van der Waals surface area contributed by atoms with Gasteiger partial charge in [0, 0.05) is 52.2 Å². The van der Waals surface area contributed by atoms with E-state index < -0.39 is 0 Å². The SMILES string of the molecule is CSCCNC(=NCC(=O)N(C)C)NCCCN(C)c1ccccc1.I. The van der Waals surface area contributed by atoms with E-state index in [1.807, 2.05) is 18.2 Å². The first kappa shape index (κ1) is 24.8. The number of halogens is 1. The fourth-order valence-corrected chi connectivity index (χ4v) is 2.37. The van der Waals surface area contributed by atoms with Crippen molar-refractivity contribution in [1.82, 2.24) is 15.5 Å². The predicted molar refractivity (Wildman–Crippen MR) is 125 cm³/mol. The average molecular weight is 493 g/mol. The van der Waals surface area contributed by atoms with Crippen LogP contribution in [0.15, 0.2) is 35.3 Å². The number of guanidine groups is 1. The Bertz CT molecular complexity index is 528.